The van der Waals surface area contributed by atoms with Crippen molar-refractivity contribution in [2.24, 2.45) is 0 Å². The summed E-state index contributed by atoms with van der Waals surface area (Å²) in [5.41, 5.74) is 1.65. The van der Waals surface area contributed by atoms with Crippen LogP contribution in [0, 0.1) is 0 Å². The zero-order valence-electron chi connectivity index (χ0n) is 10.6. The molecule has 4 heteroatoms. The molecule has 1 aliphatic rings. The highest BCUT2D eigenvalue weighted by molar-refractivity contribution is 5.52. The quantitative estimate of drug-likeness (QED) is 0.858. The minimum Gasteiger partial charge on any atom is -0.496 e. The second kappa shape index (κ2) is 4.55. The molecule has 17 heavy (non-hydrogen) atoms. The molecule has 1 aromatic rings. The highest BCUT2D eigenvalue weighted by Crippen LogP contribution is 2.45. The normalized spacial score (nSPS) is 27.5. The van der Waals surface area contributed by atoms with E-state index in [1.54, 1.807) is 14.2 Å². The summed E-state index contributed by atoms with van der Waals surface area (Å²) in [6.07, 6.45) is -1.06. The van der Waals surface area contributed by atoms with Gasteiger partial charge >= 0.3 is 0 Å². The van der Waals surface area contributed by atoms with Crippen LogP contribution in [0.15, 0.2) is 12.1 Å². The zero-order chi connectivity index (χ0) is 12.6. The van der Waals surface area contributed by atoms with Gasteiger partial charge in [0.05, 0.1) is 26.4 Å². The SMILES string of the molecule is COc1ccc(OC)c2c1[C@@H](O)[C@@H](C)O[C@@H]2C. The van der Waals surface area contributed by atoms with Crippen molar-refractivity contribution in [3.63, 3.8) is 0 Å². The summed E-state index contributed by atoms with van der Waals surface area (Å²) in [6, 6.07) is 3.64. The Bertz CT molecular complexity index is 416. The lowest BCUT2D eigenvalue weighted by atomic mass is 9.91. The van der Waals surface area contributed by atoms with Crippen molar-refractivity contribution in [1.82, 2.24) is 0 Å². The highest BCUT2D eigenvalue weighted by Gasteiger charge is 2.34. The second-order valence-corrected chi connectivity index (χ2v) is 4.23. The lowest BCUT2D eigenvalue weighted by Crippen LogP contribution is -2.28. The molecular formula is C13H18O4. The third kappa shape index (κ3) is 1.87. The van der Waals surface area contributed by atoms with Crippen LogP contribution in [0.25, 0.3) is 0 Å². The van der Waals surface area contributed by atoms with Gasteiger partial charge in [-0.25, -0.2) is 0 Å². The Labute approximate surface area is 101 Å². The predicted molar refractivity (Wildman–Crippen MR) is 63.5 cm³/mol. The third-order valence-electron chi connectivity index (χ3n) is 3.21. The molecule has 1 aromatic carbocycles. The van der Waals surface area contributed by atoms with Gasteiger partial charge in [0.15, 0.2) is 0 Å². The van der Waals surface area contributed by atoms with Crippen LogP contribution in [-0.2, 0) is 4.74 Å². The number of aliphatic hydroxyl groups is 1. The minimum absolute atomic E-state index is 0.117. The molecule has 2 rings (SSSR count). The average molecular weight is 238 g/mol. The van der Waals surface area contributed by atoms with Crippen molar-refractivity contribution in [3.8, 4) is 11.5 Å². The summed E-state index contributed by atoms with van der Waals surface area (Å²) < 4.78 is 16.3. The van der Waals surface area contributed by atoms with Gasteiger partial charge in [-0.1, -0.05) is 0 Å². The molecule has 0 amide bonds. The van der Waals surface area contributed by atoms with E-state index in [4.69, 9.17) is 14.2 Å². The molecule has 4 nitrogen and oxygen atoms in total. The summed E-state index contributed by atoms with van der Waals surface area (Å²) >= 11 is 0. The van der Waals surface area contributed by atoms with Gasteiger partial charge in [0.1, 0.15) is 17.6 Å². The Morgan fingerprint density at radius 3 is 2.12 bits per heavy atom. The molecule has 0 aromatic heterocycles. The van der Waals surface area contributed by atoms with E-state index < -0.39 is 6.10 Å². The number of fused-ring (bicyclic) bond motifs is 1. The molecule has 94 valence electrons. The van der Waals surface area contributed by atoms with E-state index in [0.29, 0.717) is 5.75 Å². The highest BCUT2D eigenvalue weighted by atomic mass is 16.5. The molecule has 3 atom stereocenters. The van der Waals surface area contributed by atoms with Crippen LogP contribution < -0.4 is 9.47 Å². The molecule has 0 radical (unpaired) electrons. The summed E-state index contributed by atoms with van der Waals surface area (Å²) in [7, 11) is 3.21. The van der Waals surface area contributed by atoms with Crippen LogP contribution >= 0.6 is 0 Å². The molecule has 0 fully saturated rings. The van der Waals surface area contributed by atoms with E-state index in [1.807, 2.05) is 26.0 Å². The maximum absolute atomic E-state index is 10.2. The first kappa shape index (κ1) is 12.2. The first-order valence-corrected chi connectivity index (χ1v) is 5.68. The van der Waals surface area contributed by atoms with Gasteiger partial charge in [0.25, 0.3) is 0 Å². The number of aliphatic hydroxyl groups excluding tert-OH is 1. The number of methoxy groups -OCH3 is 2. The fourth-order valence-corrected chi connectivity index (χ4v) is 2.38. The monoisotopic (exact) mass is 238 g/mol. The molecule has 0 saturated carbocycles. The number of ether oxygens (including phenoxy) is 3. The van der Waals surface area contributed by atoms with Crippen molar-refractivity contribution in [2.75, 3.05) is 14.2 Å². The van der Waals surface area contributed by atoms with Gasteiger partial charge in [0, 0.05) is 11.1 Å². The molecule has 0 aliphatic carbocycles. The Kier molecular flexibility index (Phi) is 3.26. The number of hydrogen-bond donors (Lipinski definition) is 1. The number of rotatable bonds is 2. The molecule has 0 saturated heterocycles. The average Bonchev–Trinajstić information content (AvgIpc) is 2.34. The van der Waals surface area contributed by atoms with Gasteiger partial charge in [-0.15, -0.1) is 0 Å². The van der Waals surface area contributed by atoms with Gasteiger partial charge in [0.2, 0.25) is 0 Å². The van der Waals surface area contributed by atoms with E-state index in [0.717, 1.165) is 16.9 Å². The molecule has 1 aliphatic heterocycles. The summed E-state index contributed by atoms with van der Waals surface area (Å²) in [5, 5.41) is 10.2. The summed E-state index contributed by atoms with van der Waals surface area (Å²) in [4.78, 5) is 0. The number of benzene rings is 1. The molecule has 1 N–H and O–H groups in total. The summed E-state index contributed by atoms with van der Waals surface area (Å²) in [5.74, 6) is 1.40. The zero-order valence-corrected chi connectivity index (χ0v) is 10.6. The van der Waals surface area contributed by atoms with E-state index in [9.17, 15) is 5.11 Å². The van der Waals surface area contributed by atoms with Crippen LogP contribution in [-0.4, -0.2) is 25.4 Å². The lowest BCUT2D eigenvalue weighted by Gasteiger charge is -2.34. The largest absolute Gasteiger partial charge is 0.496 e. The maximum Gasteiger partial charge on any atom is 0.125 e. The third-order valence-corrected chi connectivity index (χ3v) is 3.21. The topological polar surface area (TPSA) is 47.9 Å². The second-order valence-electron chi connectivity index (χ2n) is 4.23. The molecule has 1 heterocycles. The Hall–Kier alpha value is -1.26. The van der Waals surface area contributed by atoms with Crippen LogP contribution in [0.1, 0.15) is 37.2 Å². The Morgan fingerprint density at radius 1 is 1.06 bits per heavy atom. The van der Waals surface area contributed by atoms with Crippen LogP contribution in [0.3, 0.4) is 0 Å². The van der Waals surface area contributed by atoms with Gasteiger partial charge in [-0.3, -0.25) is 0 Å². The fourth-order valence-electron chi connectivity index (χ4n) is 2.38. The minimum atomic E-state index is -0.689. The number of hydrogen-bond acceptors (Lipinski definition) is 4. The van der Waals surface area contributed by atoms with Crippen molar-refractivity contribution in [1.29, 1.82) is 0 Å². The molecule has 0 spiro atoms. The van der Waals surface area contributed by atoms with Gasteiger partial charge in [-0.2, -0.15) is 0 Å². The maximum atomic E-state index is 10.2. The smallest absolute Gasteiger partial charge is 0.125 e. The van der Waals surface area contributed by atoms with Crippen molar-refractivity contribution < 1.29 is 19.3 Å². The fraction of sp³-hybridized carbons (Fsp3) is 0.538. The first-order chi connectivity index (χ1) is 8.10. The van der Waals surface area contributed by atoms with E-state index >= 15 is 0 Å². The van der Waals surface area contributed by atoms with Crippen LogP contribution in [0.2, 0.25) is 0 Å². The van der Waals surface area contributed by atoms with Crippen molar-refractivity contribution in [2.45, 2.75) is 32.2 Å². The van der Waals surface area contributed by atoms with E-state index in [2.05, 4.69) is 0 Å². The van der Waals surface area contributed by atoms with Crippen LogP contribution in [0.5, 0.6) is 11.5 Å². The molecular weight excluding hydrogens is 220 g/mol. The predicted octanol–water partition coefficient (Wildman–Crippen LogP) is 2.22. The molecule has 0 unspecified atom stereocenters. The standard InChI is InChI=1S/C13H18O4/c1-7-11-9(15-3)5-6-10(16-4)12(11)13(14)8(2)17-7/h5-8,13-14H,1-4H3/t7-,8-,13+/m1/s1. The molecule has 0 bridgehead atoms. The van der Waals surface area contributed by atoms with Gasteiger partial charge < -0.3 is 19.3 Å². The Balaban J connectivity index is 2.64. The van der Waals surface area contributed by atoms with Crippen molar-refractivity contribution >= 4 is 0 Å². The lowest BCUT2D eigenvalue weighted by molar-refractivity contribution is -0.0825. The van der Waals surface area contributed by atoms with E-state index in [-0.39, 0.29) is 12.2 Å². The summed E-state index contributed by atoms with van der Waals surface area (Å²) in [6.45, 7) is 3.80. The van der Waals surface area contributed by atoms with Gasteiger partial charge in [-0.05, 0) is 26.0 Å². The Morgan fingerprint density at radius 2 is 1.59 bits per heavy atom. The first-order valence-electron chi connectivity index (χ1n) is 5.68. The van der Waals surface area contributed by atoms with E-state index in [1.165, 1.54) is 0 Å². The van der Waals surface area contributed by atoms with Crippen LogP contribution in [0.4, 0.5) is 0 Å². The van der Waals surface area contributed by atoms with Crippen molar-refractivity contribution in [3.05, 3.63) is 23.3 Å².